The van der Waals surface area contributed by atoms with Gasteiger partial charge in [-0.05, 0) is 110 Å². The quantitative estimate of drug-likeness (QED) is 0.573. The fourth-order valence-corrected chi connectivity index (χ4v) is 9.24. The number of aliphatic hydroxyl groups is 1. The lowest BCUT2D eigenvalue weighted by Gasteiger charge is -2.59. The van der Waals surface area contributed by atoms with Crippen molar-refractivity contribution in [3.63, 3.8) is 0 Å². The highest BCUT2D eigenvalue weighted by Gasteiger charge is 2.57. The Morgan fingerprint density at radius 3 is 2.45 bits per heavy atom. The topological polar surface area (TPSA) is 26.7 Å². The lowest BCUT2D eigenvalue weighted by atomic mass is 9.46. The van der Waals surface area contributed by atoms with Crippen molar-refractivity contribution in [3.8, 4) is 0 Å². The van der Waals surface area contributed by atoms with E-state index in [0.717, 1.165) is 18.3 Å². The summed E-state index contributed by atoms with van der Waals surface area (Å²) in [5, 5.41) is 10.8. The third-order valence-corrected chi connectivity index (χ3v) is 11.6. The maximum atomic E-state index is 10.8. The third kappa shape index (κ3) is 3.80. The van der Waals surface area contributed by atoms with Gasteiger partial charge in [-0.2, -0.15) is 0 Å². The number of hydrogen-bond donors (Lipinski definition) is 1. The van der Waals surface area contributed by atoms with Crippen molar-refractivity contribution in [1.82, 2.24) is 9.80 Å². The summed E-state index contributed by atoms with van der Waals surface area (Å²) in [6.07, 6.45) is 12.5. The van der Waals surface area contributed by atoms with Gasteiger partial charge < -0.3 is 14.9 Å². The highest BCUT2D eigenvalue weighted by atomic mass is 16.3. The van der Waals surface area contributed by atoms with E-state index in [9.17, 15) is 5.11 Å². The summed E-state index contributed by atoms with van der Waals surface area (Å²) in [4.78, 5) is 5.16. The molecule has 0 aromatic carbocycles. The van der Waals surface area contributed by atoms with Gasteiger partial charge in [0.1, 0.15) is 0 Å². The molecule has 33 heavy (non-hydrogen) atoms. The average molecular weight is 455 g/mol. The SMILES string of the molecule is C[C@@H](CCN1CCN(C)CC1)[C@H]1CC=C2C3=C(CC[C@@]21C)[C@@]1(C)CC[C@H](O)C(C)(C)[C@@H]1CC3. The Morgan fingerprint density at radius 2 is 1.73 bits per heavy atom. The molecule has 0 aromatic heterocycles. The maximum Gasteiger partial charge on any atom is 0.0594 e. The number of allylic oxidation sites excluding steroid dienone is 4. The van der Waals surface area contributed by atoms with Gasteiger partial charge in [0, 0.05) is 26.2 Å². The molecular formula is C30H50N2O. The zero-order valence-corrected chi connectivity index (χ0v) is 22.4. The summed E-state index contributed by atoms with van der Waals surface area (Å²) in [5.41, 5.74) is 6.04. The summed E-state index contributed by atoms with van der Waals surface area (Å²) in [6, 6.07) is 0. The van der Waals surface area contributed by atoms with Crippen LogP contribution in [0.2, 0.25) is 0 Å². The summed E-state index contributed by atoms with van der Waals surface area (Å²) < 4.78 is 0. The van der Waals surface area contributed by atoms with Crippen molar-refractivity contribution in [2.75, 3.05) is 39.8 Å². The number of aliphatic hydroxyl groups excluding tert-OH is 1. The van der Waals surface area contributed by atoms with E-state index in [0.29, 0.717) is 16.7 Å². The molecule has 4 aliphatic carbocycles. The summed E-state index contributed by atoms with van der Waals surface area (Å²) in [6.45, 7) is 18.6. The van der Waals surface area contributed by atoms with Crippen molar-refractivity contribution >= 4 is 0 Å². The fourth-order valence-electron chi connectivity index (χ4n) is 9.24. The van der Waals surface area contributed by atoms with Crippen LogP contribution in [0, 0.1) is 34.0 Å². The first kappa shape index (κ1) is 24.1. The molecule has 6 atom stereocenters. The summed E-state index contributed by atoms with van der Waals surface area (Å²) >= 11 is 0. The van der Waals surface area contributed by atoms with Crippen molar-refractivity contribution in [1.29, 1.82) is 0 Å². The van der Waals surface area contributed by atoms with Gasteiger partial charge in [0.15, 0.2) is 0 Å². The van der Waals surface area contributed by atoms with E-state index in [2.05, 4.69) is 57.5 Å². The molecule has 0 bridgehead atoms. The minimum Gasteiger partial charge on any atom is -0.393 e. The van der Waals surface area contributed by atoms with Gasteiger partial charge in [-0.25, -0.2) is 0 Å². The fraction of sp³-hybridized carbons (Fsp3) is 0.867. The van der Waals surface area contributed by atoms with Crippen LogP contribution in [0.25, 0.3) is 0 Å². The first-order valence-electron chi connectivity index (χ1n) is 14.1. The predicted octanol–water partition coefficient (Wildman–Crippen LogP) is 5.90. The number of piperazine rings is 1. The third-order valence-electron chi connectivity index (χ3n) is 11.6. The molecule has 0 aromatic rings. The van der Waals surface area contributed by atoms with Gasteiger partial charge in [0.2, 0.25) is 0 Å². The highest BCUT2D eigenvalue weighted by Crippen LogP contribution is 2.66. The smallest absolute Gasteiger partial charge is 0.0594 e. The Kier molecular flexibility index (Phi) is 6.19. The molecule has 1 N–H and O–H groups in total. The van der Waals surface area contributed by atoms with Gasteiger partial charge in [0.25, 0.3) is 0 Å². The minimum absolute atomic E-state index is 0.0383. The molecule has 186 valence electrons. The minimum atomic E-state index is -0.136. The van der Waals surface area contributed by atoms with Crippen LogP contribution in [-0.2, 0) is 0 Å². The molecule has 3 nitrogen and oxygen atoms in total. The molecule has 1 aliphatic heterocycles. The molecule has 0 spiro atoms. The maximum absolute atomic E-state index is 10.8. The second-order valence-corrected chi connectivity index (χ2v) is 13.6. The number of nitrogens with zero attached hydrogens (tertiary/aromatic N) is 2. The van der Waals surface area contributed by atoms with E-state index in [1.165, 1.54) is 77.7 Å². The zero-order chi connectivity index (χ0) is 23.6. The van der Waals surface area contributed by atoms with Crippen LogP contribution in [0.5, 0.6) is 0 Å². The Balaban J connectivity index is 1.32. The van der Waals surface area contributed by atoms with Crippen LogP contribution in [0.15, 0.2) is 22.8 Å². The monoisotopic (exact) mass is 454 g/mol. The Labute approximate surface area is 203 Å². The van der Waals surface area contributed by atoms with Gasteiger partial charge in [-0.3, -0.25) is 0 Å². The Morgan fingerprint density at radius 1 is 1.00 bits per heavy atom. The van der Waals surface area contributed by atoms with E-state index in [1.807, 2.05) is 0 Å². The zero-order valence-electron chi connectivity index (χ0n) is 22.4. The van der Waals surface area contributed by atoms with Crippen LogP contribution in [-0.4, -0.2) is 60.8 Å². The summed E-state index contributed by atoms with van der Waals surface area (Å²) in [5.74, 6) is 2.22. The second kappa shape index (κ2) is 8.49. The average Bonchev–Trinajstić information content (AvgIpc) is 3.13. The molecule has 3 heteroatoms. The molecule has 5 rings (SSSR count). The van der Waals surface area contributed by atoms with Crippen LogP contribution in [0.3, 0.4) is 0 Å². The van der Waals surface area contributed by atoms with E-state index in [4.69, 9.17) is 0 Å². The van der Waals surface area contributed by atoms with Crippen LogP contribution < -0.4 is 0 Å². The van der Waals surface area contributed by atoms with Crippen molar-refractivity contribution in [2.24, 2.45) is 34.0 Å². The standard InChI is InChI=1S/C30H50N2O/c1-21(13-16-32-19-17-31(6)18-20-32)23-8-9-24-22-7-10-26-28(2,3)27(33)12-15-30(26,5)25(22)11-14-29(23,24)4/h9,21,23,26-27,33H,7-8,10-20H2,1-6H3/t21-,23+,26-,27-,29+,30+/m0/s1. The van der Waals surface area contributed by atoms with E-state index in [1.54, 1.807) is 16.7 Å². The van der Waals surface area contributed by atoms with Crippen molar-refractivity contribution in [2.45, 2.75) is 92.1 Å². The largest absolute Gasteiger partial charge is 0.393 e. The first-order valence-corrected chi connectivity index (χ1v) is 14.1. The van der Waals surface area contributed by atoms with Crippen molar-refractivity contribution in [3.05, 3.63) is 22.8 Å². The van der Waals surface area contributed by atoms with Crippen molar-refractivity contribution < 1.29 is 5.11 Å². The van der Waals surface area contributed by atoms with Gasteiger partial charge in [-0.15, -0.1) is 0 Å². The molecule has 1 heterocycles. The highest BCUT2D eigenvalue weighted by molar-refractivity contribution is 5.49. The molecule has 5 aliphatic rings. The molecular weight excluding hydrogens is 404 g/mol. The van der Waals surface area contributed by atoms with E-state index >= 15 is 0 Å². The molecule has 0 unspecified atom stereocenters. The van der Waals surface area contributed by atoms with E-state index in [-0.39, 0.29) is 11.5 Å². The second-order valence-electron chi connectivity index (χ2n) is 13.6. The van der Waals surface area contributed by atoms with Gasteiger partial charge in [-0.1, -0.05) is 46.3 Å². The molecule has 2 fully saturated rings. The molecule has 0 amide bonds. The number of likely N-dealkylation sites (N-methyl/N-ethyl adjacent to an activating group) is 1. The lowest BCUT2D eigenvalue weighted by molar-refractivity contribution is -0.0905. The first-order chi connectivity index (χ1) is 15.6. The predicted molar refractivity (Wildman–Crippen MR) is 138 cm³/mol. The lowest BCUT2D eigenvalue weighted by Crippen LogP contribution is -2.53. The van der Waals surface area contributed by atoms with Gasteiger partial charge >= 0.3 is 0 Å². The van der Waals surface area contributed by atoms with Crippen LogP contribution in [0.4, 0.5) is 0 Å². The summed E-state index contributed by atoms with van der Waals surface area (Å²) in [7, 11) is 2.25. The Hall–Kier alpha value is -0.640. The number of hydrogen-bond acceptors (Lipinski definition) is 3. The van der Waals surface area contributed by atoms with Crippen LogP contribution in [0.1, 0.15) is 86.0 Å². The van der Waals surface area contributed by atoms with Gasteiger partial charge in [0.05, 0.1) is 6.10 Å². The molecule has 1 saturated heterocycles. The number of rotatable bonds is 4. The number of fused-ring (bicyclic) bond motifs is 4. The Bertz CT molecular complexity index is 819. The normalized spacial score (nSPS) is 42.4. The molecule has 1 saturated carbocycles. The molecule has 0 radical (unpaired) electrons. The van der Waals surface area contributed by atoms with Crippen LogP contribution >= 0.6 is 0 Å². The van der Waals surface area contributed by atoms with E-state index < -0.39 is 0 Å².